The number of allylic oxidation sites excluding steroid dienone is 4. The average molecular weight is 871 g/mol. The molecule has 334 valence electrons. The van der Waals surface area contributed by atoms with Crippen LogP contribution in [0.5, 0.6) is 5.75 Å². The van der Waals surface area contributed by atoms with Crippen LogP contribution in [-0.2, 0) is 40.1 Å². The van der Waals surface area contributed by atoms with E-state index in [1.54, 1.807) is 14.2 Å². The monoisotopic (exact) mass is 870 g/mol. The highest BCUT2D eigenvalue weighted by Crippen LogP contribution is 2.48. The van der Waals surface area contributed by atoms with Crippen LogP contribution in [0.25, 0.3) is 0 Å². The third-order valence-corrected chi connectivity index (χ3v) is 13.0. The van der Waals surface area contributed by atoms with Crippen molar-refractivity contribution in [3.63, 3.8) is 0 Å². The normalized spacial score (nSPS) is 18.1. The summed E-state index contributed by atoms with van der Waals surface area (Å²) < 4.78 is 48.6. The fourth-order valence-electron chi connectivity index (χ4n) is 7.89. The summed E-state index contributed by atoms with van der Waals surface area (Å²) in [6.07, 6.45) is 14.6. The second-order valence-corrected chi connectivity index (χ2v) is 17.2. The first kappa shape index (κ1) is 48.4. The Morgan fingerprint density at radius 1 is 0.887 bits per heavy atom. The number of hydrogen-bond donors (Lipinski definition) is 1. The average Bonchev–Trinajstić information content (AvgIpc) is 3.28. The molecule has 0 saturated carbocycles. The van der Waals surface area contributed by atoms with Crippen LogP contribution in [0.3, 0.4) is 0 Å². The highest BCUT2D eigenvalue weighted by Gasteiger charge is 2.43. The number of nitrogens with one attached hydrogen (secondary N) is 1. The van der Waals surface area contributed by atoms with Crippen molar-refractivity contribution in [2.75, 3.05) is 40.6 Å². The topological polar surface area (TPSA) is 147 Å². The summed E-state index contributed by atoms with van der Waals surface area (Å²) in [5, 5.41) is 9.35. The van der Waals surface area contributed by atoms with Crippen molar-refractivity contribution < 1.29 is 32.7 Å². The Morgan fingerprint density at radius 2 is 1.63 bits per heavy atom. The summed E-state index contributed by atoms with van der Waals surface area (Å²) in [6, 6.07) is 21.7. The van der Waals surface area contributed by atoms with Crippen molar-refractivity contribution in [1.29, 1.82) is 5.26 Å². The molecule has 0 fully saturated rings. The van der Waals surface area contributed by atoms with Crippen LogP contribution in [0.1, 0.15) is 71.4 Å². The standard InChI is InChI=1S/C48H63N4O9P/c1-35(2)52(36(3)4)62(60-30-14-28-49)61-37(5)46(58-34-38-15-10-8-11-16-38)44(33-51-29-27-45(53)50-47(51)54)57-31-32-59-48(39-17-12-9-13-18-39,40-19-23-42(55-6)24-20-40)41-21-25-43(56-7)26-22-41/h9-10,12-13,15-21,23-27,29,35-37,41,44,46H,8,11,14,22,30-34H2,1-7H3,(H,50,53,54). The maximum Gasteiger partial charge on any atom is 0.328 e. The van der Waals surface area contributed by atoms with Crippen LogP contribution >= 0.6 is 8.53 Å². The zero-order valence-corrected chi connectivity index (χ0v) is 38.0. The quantitative estimate of drug-likeness (QED) is 0.0648. The van der Waals surface area contributed by atoms with E-state index < -0.39 is 43.7 Å². The summed E-state index contributed by atoms with van der Waals surface area (Å²) in [5.74, 6) is 1.39. The number of H-pyrrole nitrogens is 1. The number of aromatic nitrogens is 2. The molecule has 13 nitrogen and oxygen atoms in total. The number of nitrogens with zero attached hydrogens (tertiary/aromatic N) is 3. The van der Waals surface area contributed by atoms with Gasteiger partial charge in [0.15, 0.2) is 0 Å². The van der Waals surface area contributed by atoms with Crippen LogP contribution in [0.4, 0.5) is 0 Å². The minimum atomic E-state index is -1.66. The van der Waals surface area contributed by atoms with E-state index in [4.69, 9.17) is 32.7 Å². The van der Waals surface area contributed by atoms with Gasteiger partial charge >= 0.3 is 5.69 Å². The van der Waals surface area contributed by atoms with Gasteiger partial charge in [0, 0.05) is 30.3 Å². The summed E-state index contributed by atoms with van der Waals surface area (Å²) in [6.45, 7) is 11.0. The Labute approximate surface area is 367 Å². The lowest BCUT2D eigenvalue weighted by Gasteiger charge is -2.41. The van der Waals surface area contributed by atoms with E-state index in [1.807, 2.05) is 55.5 Å². The summed E-state index contributed by atoms with van der Waals surface area (Å²) >= 11 is 0. The van der Waals surface area contributed by atoms with E-state index in [0.29, 0.717) is 6.42 Å². The molecule has 5 rings (SSSR count). The Bertz CT molecular complexity index is 2120. The van der Waals surface area contributed by atoms with Crippen LogP contribution in [0, 0.1) is 17.2 Å². The Hall–Kier alpha value is -4.64. The molecule has 1 aromatic heterocycles. The summed E-state index contributed by atoms with van der Waals surface area (Å²) in [5.41, 5.74) is 0.900. The molecule has 3 aromatic rings. The van der Waals surface area contributed by atoms with Crippen molar-refractivity contribution in [2.24, 2.45) is 5.92 Å². The van der Waals surface area contributed by atoms with Crippen LogP contribution in [-0.4, -0.2) is 85.3 Å². The van der Waals surface area contributed by atoms with E-state index >= 15 is 0 Å². The second kappa shape index (κ2) is 24.3. The first-order valence-electron chi connectivity index (χ1n) is 21.4. The number of hydrogen-bond acceptors (Lipinski definition) is 11. The largest absolute Gasteiger partial charge is 0.497 e. The number of benzene rings is 2. The highest BCUT2D eigenvalue weighted by molar-refractivity contribution is 7.44. The Morgan fingerprint density at radius 3 is 2.24 bits per heavy atom. The smallest absolute Gasteiger partial charge is 0.328 e. The lowest BCUT2D eigenvalue weighted by Crippen LogP contribution is -2.47. The molecule has 62 heavy (non-hydrogen) atoms. The van der Waals surface area contributed by atoms with E-state index in [2.05, 4.69) is 85.9 Å². The van der Waals surface area contributed by atoms with Crippen molar-refractivity contribution in [1.82, 2.24) is 14.2 Å². The number of ether oxygens (including phenoxy) is 5. The molecule has 2 aliphatic carbocycles. The molecule has 0 amide bonds. The molecule has 0 saturated heterocycles. The van der Waals surface area contributed by atoms with E-state index in [9.17, 15) is 14.9 Å². The van der Waals surface area contributed by atoms with Gasteiger partial charge in [0.25, 0.3) is 14.1 Å². The van der Waals surface area contributed by atoms with Crippen LogP contribution < -0.4 is 16.0 Å². The highest BCUT2D eigenvalue weighted by atomic mass is 31.2. The number of rotatable bonds is 25. The van der Waals surface area contributed by atoms with Gasteiger partial charge in [-0.15, -0.1) is 0 Å². The molecule has 1 heterocycles. The van der Waals surface area contributed by atoms with Gasteiger partial charge in [-0.3, -0.25) is 14.3 Å². The van der Waals surface area contributed by atoms with Gasteiger partial charge in [0.2, 0.25) is 0 Å². The van der Waals surface area contributed by atoms with Crippen LogP contribution in [0.15, 0.2) is 124 Å². The SMILES string of the molecule is COC1=CCC(C(OCCOC(Cn2ccc(=O)[nH]c2=O)C(OCC2=CCCC=C2)C(C)OP(OCCC#N)N(C(C)C)C(C)C)(c2ccccc2)c2ccc(OC)cc2)C=C1. The molecule has 0 aliphatic heterocycles. The fourth-order valence-corrected chi connectivity index (χ4v) is 9.60. The first-order chi connectivity index (χ1) is 30.0. The van der Waals surface area contributed by atoms with Crippen molar-refractivity contribution in [3.05, 3.63) is 147 Å². The van der Waals surface area contributed by atoms with Gasteiger partial charge in [-0.25, -0.2) is 9.46 Å². The van der Waals surface area contributed by atoms with Gasteiger partial charge in [0.05, 0.1) is 65.8 Å². The Balaban J connectivity index is 1.51. The molecule has 0 bridgehead atoms. The minimum absolute atomic E-state index is 0.0341. The zero-order valence-electron chi connectivity index (χ0n) is 37.1. The molecule has 6 unspecified atom stereocenters. The number of aromatic amines is 1. The van der Waals surface area contributed by atoms with Crippen molar-refractivity contribution in [3.8, 4) is 11.8 Å². The molecule has 2 aromatic carbocycles. The molecule has 0 spiro atoms. The van der Waals surface area contributed by atoms with E-state index in [0.717, 1.165) is 41.1 Å². The van der Waals surface area contributed by atoms with Crippen LogP contribution in [0.2, 0.25) is 0 Å². The fraction of sp³-hybridized carbons (Fsp3) is 0.479. The predicted octanol–water partition coefficient (Wildman–Crippen LogP) is 8.34. The van der Waals surface area contributed by atoms with E-state index in [-0.39, 0.29) is 57.4 Å². The first-order valence-corrected chi connectivity index (χ1v) is 22.5. The molecule has 0 radical (unpaired) electrons. The number of methoxy groups -OCH3 is 2. The van der Waals surface area contributed by atoms with Gasteiger partial charge < -0.3 is 32.7 Å². The lowest BCUT2D eigenvalue weighted by atomic mass is 9.73. The second-order valence-electron chi connectivity index (χ2n) is 15.8. The predicted molar refractivity (Wildman–Crippen MR) is 242 cm³/mol. The van der Waals surface area contributed by atoms with E-state index in [1.165, 1.54) is 16.8 Å². The maximum atomic E-state index is 13.2. The third-order valence-electron chi connectivity index (χ3n) is 10.8. The van der Waals surface area contributed by atoms with Crippen molar-refractivity contribution in [2.45, 2.75) is 103 Å². The van der Waals surface area contributed by atoms with Gasteiger partial charge in [-0.1, -0.05) is 66.8 Å². The lowest BCUT2D eigenvalue weighted by molar-refractivity contribution is -0.133. The van der Waals surface area contributed by atoms with Gasteiger partial charge in [0.1, 0.15) is 29.3 Å². The van der Waals surface area contributed by atoms with Crippen molar-refractivity contribution >= 4 is 8.53 Å². The molecule has 1 N–H and O–H groups in total. The molecule has 2 aliphatic rings. The number of nitriles is 1. The Kier molecular flexibility index (Phi) is 18.9. The summed E-state index contributed by atoms with van der Waals surface area (Å²) in [7, 11) is 1.65. The van der Waals surface area contributed by atoms with Gasteiger partial charge in [-0.05, 0) is 94.9 Å². The van der Waals surface area contributed by atoms with Gasteiger partial charge in [-0.2, -0.15) is 5.26 Å². The molecule has 6 atom stereocenters. The summed E-state index contributed by atoms with van der Waals surface area (Å²) in [4.78, 5) is 27.8. The molecular weight excluding hydrogens is 808 g/mol. The maximum absolute atomic E-state index is 13.2. The molecule has 14 heteroatoms. The molecular formula is C48H63N4O9P. The third kappa shape index (κ3) is 13.0. The zero-order chi connectivity index (χ0) is 44.5. The minimum Gasteiger partial charge on any atom is -0.497 e.